The third kappa shape index (κ3) is 4.46. The van der Waals surface area contributed by atoms with Gasteiger partial charge in [0.15, 0.2) is 11.6 Å². The number of amides is 1. The predicted octanol–water partition coefficient (Wildman–Crippen LogP) is 2.66. The molecule has 1 unspecified atom stereocenters. The monoisotopic (exact) mass is 491 g/mol. The normalized spacial score (nSPS) is 15.9. The Morgan fingerprint density at radius 2 is 1.79 bits per heavy atom. The number of pyridine rings is 1. The minimum atomic E-state index is -3.84. The molecule has 180 valence electrons. The Balaban J connectivity index is 1.75. The first-order chi connectivity index (χ1) is 16.1. The van der Waals surface area contributed by atoms with Crippen molar-refractivity contribution in [1.82, 2.24) is 14.2 Å². The summed E-state index contributed by atoms with van der Waals surface area (Å²) in [6.07, 6.45) is 0. The maximum atomic E-state index is 13.7. The van der Waals surface area contributed by atoms with Gasteiger partial charge in [-0.05, 0) is 42.8 Å². The van der Waals surface area contributed by atoms with Crippen LogP contribution in [0.2, 0.25) is 0 Å². The molecule has 0 saturated carbocycles. The molecule has 0 bridgehead atoms. The second-order valence-corrected chi connectivity index (χ2v) is 9.97. The van der Waals surface area contributed by atoms with E-state index in [1.165, 1.54) is 40.5 Å². The zero-order chi connectivity index (χ0) is 24.6. The number of halogens is 2. The van der Waals surface area contributed by atoms with Gasteiger partial charge in [-0.1, -0.05) is 6.07 Å². The first-order valence-electron chi connectivity index (χ1n) is 10.6. The molecule has 1 amide bonds. The SMILES string of the molecule is CC(c1ccc(F)c(F)c1)N(C)C(=O)c1cc(=O)[nH]c2ccc(S(=O)(=O)N3CCOCC3)cc12. The summed E-state index contributed by atoms with van der Waals surface area (Å²) in [6, 6.07) is 7.99. The number of benzene rings is 2. The van der Waals surface area contributed by atoms with Gasteiger partial charge in [-0.15, -0.1) is 0 Å². The molecular formula is C23H23F2N3O5S. The number of hydrogen-bond acceptors (Lipinski definition) is 5. The Labute approximate surface area is 194 Å². The molecule has 1 N–H and O–H groups in total. The first-order valence-corrected chi connectivity index (χ1v) is 12.0. The average molecular weight is 492 g/mol. The molecule has 0 spiro atoms. The summed E-state index contributed by atoms with van der Waals surface area (Å²) >= 11 is 0. The van der Waals surface area contributed by atoms with Crippen molar-refractivity contribution in [3.63, 3.8) is 0 Å². The second-order valence-electron chi connectivity index (χ2n) is 8.04. The molecule has 0 radical (unpaired) electrons. The van der Waals surface area contributed by atoms with E-state index in [0.717, 1.165) is 18.2 Å². The highest BCUT2D eigenvalue weighted by molar-refractivity contribution is 7.89. The van der Waals surface area contributed by atoms with Crippen LogP contribution in [0.25, 0.3) is 10.9 Å². The van der Waals surface area contributed by atoms with E-state index in [0.29, 0.717) is 11.1 Å². The van der Waals surface area contributed by atoms with Gasteiger partial charge >= 0.3 is 0 Å². The van der Waals surface area contributed by atoms with Gasteiger partial charge < -0.3 is 14.6 Å². The van der Waals surface area contributed by atoms with E-state index >= 15 is 0 Å². The molecule has 3 aromatic rings. The molecule has 4 rings (SSSR count). The Bertz CT molecular complexity index is 1420. The van der Waals surface area contributed by atoms with Crippen LogP contribution in [0.15, 0.2) is 52.2 Å². The number of rotatable bonds is 5. The zero-order valence-corrected chi connectivity index (χ0v) is 19.4. The highest BCUT2D eigenvalue weighted by Gasteiger charge is 2.28. The van der Waals surface area contributed by atoms with Crippen LogP contribution in [0.3, 0.4) is 0 Å². The van der Waals surface area contributed by atoms with E-state index < -0.39 is 39.2 Å². The summed E-state index contributed by atoms with van der Waals surface area (Å²) in [7, 11) is -2.37. The van der Waals surface area contributed by atoms with Crippen molar-refractivity contribution in [1.29, 1.82) is 0 Å². The Morgan fingerprint density at radius 1 is 1.09 bits per heavy atom. The van der Waals surface area contributed by atoms with E-state index in [1.807, 2.05) is 0 Å². The fraction of sp³-hybridized carbons (Fsp3) is 0.304. The van der Waals surface area contributed by atoms with Gasteiger partial charge in [0.05, 0.1) is 29.7 Å². The summed E-state index contributed by atoms with van der Waals surface area (Å²) in [5.74, 6) is -2.61. The van der Waals surface area contributed by atoms with Crippen molar-refractivity contribution >= 4 is 26.8 Å². The number of ether oxygens (including phenoxy) is 1. The van der Waals surface area contributed by atoms with Gasteiger partial charge in [0.25, 0.3) is 5.91 Å². The van der Waals surface area contributed by atoms with Crippen molar-refractivity contribution in [3.8, 4) is 0 Å². The molecule has 1 saturated heterocycles. The van der Waals surface area contributed by atoms with E-state index in [4.69, 9.17) is 4.74 Å². The van der Waals surface area contributed by atoms with Gasteiger partial charge in [0.1, 0.15) is 0 Å². The molecule has 8 nitrogen and oxygen atoms in total. The standard InChI is InChI=1S/C23H23F2N3O5S/c1-14(15-3-5-19(24)20(25)11-15)27(2)23(30)18-13-22(29)26-21-6-4-16(12-17(18)21)34(31,32)28-7-9-33-10-8-28/h3-6,11-14H,7-10H2,1-2H3,(H,26,29). The van der Waals surface area contributed by atoms with Crippen molar-refractivity contribution in [2.75, 3.05) is 33.4 Å². The highest BCUT2D eigenvalue weighted by atomic mass is 32.2. The van der Waals surface area contributed by atoms with Crippen LogP contribution < -0.4 is 5.56 Å². The van der Waals surface area contributed by atoms with E-state index in [2.05, 4.69) is 4.98 Å². The largest absolute Gasteiger partial charge is 0.379 e. The number of nitrogens with zero attached hydrogens (tertiary/aromatic N) is 2. The van der Waals surface area contributed by atoms with Gasteiger partial charge in [-0.3, -0.25) is 9.59 Å². The summed E-state index contributed by atoms with van der Waals surface area (Å²) in [6.45, 7) is 2.64. The number of sulfonamides is 1. The fourth-order valence-corrected chi connectivity index (χ4v) is 5.30. The molecule has 11 heteroatoms. The molecule has 1 aromatic heterocycles. The van der Waals surface area contributed by atoms with Crippen LogP contribution in [0.5, 0.6) is 0 Å². The molecule has 1 aliphatic rings. The molecular weight excluding hydrogens is 468 g/mol. The van der Waals surface area contributed by atoms with Crippen molar-refractivity contribution in [3.05, 3.63) is 75.6 Å². The summed E-state index contributed by atoms with van der Waals surface area (Å²) in [5.41, 5.74) is 0.119. The molecule has 2 aromatic carbocycles. The summed E-state index contributed by atoms with van der Waals surface area (Å²) in [4.78, 5) is 29.5. The lowest BCUT2D eigenvalue weighted by molar-refractivity contribution is 0.0730. The van der Waals surface area contributed by atoms with Crippen LogP contribution in [0.4, 0.5) is 8.78 Å². The Morgan fingerprint density at radius 3 is 2.47 bits per heavy atom. The third-order valence-electron chi connectivity index (χ3n) is 5.98. The van der Waals surface area contributed by atoms with Gasteiger partial charge in [-0.2, -0.15) is 4.31 Å². The number of aromatic nitrogens is 1. The molecule has 1 fully saturated rings. The van der Waals surface area contributed by atoms with E-state index in [-0.39, 0.29) is 42.1 Å². The average Bonchev–Trinajstić information content (AvgIpc) is 2.84. The van der Waals surface area contributed by atoms with Crippen LogP contribution >= 0.6 is 0 Å². The number of nitrogens with one attached hydrogen (secondary N) is 1. The van der Waals surface area contributed by atoms with Crippen molar-refractivity contribution in [2.45, 2.75) is 17.9 Å². The molecule has 34 heavy (non-hydrogen) atoms. The maximum Gasteiger partial charge on any atom is 0.254 e. The van der Waals surface area contributed by atoms with E-state index in [9.17, 15) is 26.8 Å². The number of fused-ring (bicyclic) bond motifs is 1. The van der Waals surface area contributed by atoms with Gasteiger partial charge in [-0.25, -0.2) is 17.2 Å². The molecule has 1 atom stereocenters. The first kappa shape index (κ1) is 24.0. The zero-order valence-electron chi connectivity index (χ0n) is 18.5. The van der Waals surface area contributed by atoms with Gasteiger partial charge in [0, 0.05) is 37.1 Å². The summed E-state index contributed by atoms with van der Waals surface area (Å²) < 4.78 is 59.8. The topological polar surface area (TPSA) is 99.8 Å². The smallest absolute Gasteiger partial charge is 0.254 e. The van der Waals surface area contributed by atoms with Crippen molar-refractivity contribution < 1.29 is 26.7 Å². The van der Waals surface area contributed by atoms with Crippen molar-refractivity contribution in [2.24, 2.45) is 0 Å². The van der Waals surface area contributed by atoms with Crippen LogP contribution in [0, 0.1) is 11.6 Å². The van der Waals surface area contributed by atoms with Crippen LogP contribution in [-0.2, 0) is 14.8 Å². The third-order valence-corrected chi connectivity index (χ3v) is 7.87. The molecule has 2 heterocycles. The Kier molecular flexibility index (Phi) is 6.52. The van der Waals surface area contributed by atoms with E-state index in [1.54, 1.807) is 6.92 Å². The number of carbonyl (C=O) groups is 1. The number of morpholine rings is 1. The number of aromatic amines is 1. The lowest BCUT2D eigenvalue weighted by atomic mass is 10.0. The molecule has 1 aliphatic heterocycles. The molecule has 0 aliphatic carbocycles. The predicted molar refractivity (Wildman–Crippen MR) is 121 cm³/mol. The lowest BCUT2D eigenvalue weighted by Gasteiger charge is -2.27. The van der Waals surface area contributed by atoms with Gasteiger partial charge in [0.2, 0.25) is 15.6 Å². The minimum Gasteiger partial charge on any atom is -0.379 e. The fourth-order valence-electron chi connectivity index (χ4n) is 3.87. The quantitative estimate of drug-likeness (QED) is 0.592. The number of hydrogen-bond donors (Lipinski definition) is 1. The number of carbonyl (C=O) groups excluding carboxylic acids is 1. The van der Waals surface area contributed by atoms with Crippen LogP contribution in [0.1, 0.15) is 28.9 Å². The second kappa shape index (κ2) is 9.24. The minimum absolute atomic E-state index is 0.00490. The highest BCUT2D eigenvalue weighted by Crippen LogP contribution is 2.27. The Hall–Kier alpha value is -3.15. The lowest BCUT2D eigenvalue weighted by Crippen LogP contribution is -2.40. The summed E-state index contributed by atoms with van der Waals surface area (Å²) in [5, 5.41) is 0.253. The van der Waals surface area contributed by atoms with Crippen LogP contribution in [-0.4, -0.2) is 61.9 Å². The maximum absolute atomic E-state index is 13.7. The number of H-pyrrole nitrogens is 1.